The van der Waals surface area contributed by atoms with E-state index in [2.05, 4.69) is 20.0 Å². The zero-order valence-electron chi connectivity index (χ0n) is 17.4. The quantitative estimate of drug-likeness (QED) is 0.550. The van der Waals surface area contributed by atoms with Gasteiger partial charge in [0.1, 0.15) is 23.2 Å². The Balaban J connectivity index is 1.79. The van der Waals surface area contributed by atoms with Crippen molar-refractivity contribution in [1.29, 1.82) is 0 Å². The Morgan fingerprint density at radius 1 is 1.37 bits per heavy atom. The van der Waals surface area contributed by atoms with Gasteiger partial charge in [0, 0.05) is 38.1 Å². The number of anilines is 2. The SMILES string of the molecule is COC(=O)NCC(C)Oc1cccc(N2CCN(C)c3nc(SC)ncc3C2=O)c1. The second-order valence-corrected chi connectivity index (χ2v) is 7.54. The zero-order valence-corrected chi connectivity index (χ0v) is 18.2. The molecule has 0 aliphatic carbocycles. The van der Waals surface area contributed by atoms with E-state index in [1.165, 1.54) is 18.9 Å². The molecule has 3 rings (SSSR count). The minimum Gasteiger partial charge on any atom is -0.489 e. The Kier molecular flexibility index (Phi) is 6.99. The fraction of sp³-hybridized carbons (Fsp3) is 0.400. The van der Waals surface area contributed by atoms with Crippen molar-refractivity contribution in [2.75, 3.05) is 49.8 Å². The van der Waals surface area contributed by atoms with E-state index in [1.807, 2.05) is 49.4 Å². The molecule has 1 aliphatic heterocycles. The molecule has 1 unspecified atom stereocenters. The van der Waals surface area contributed by atoms with Gasteiger partial charge in [0.05, 0.1) is 13.7 Å². The normalized spacial score (nSPS) is 14.6. The van der Waals surface area contributed by atoms with Crippen molar-refractivity contribution < 1.29 is 19.1 Å². The lowest BCUT2D eigenvalue weighted by Crippen LogP contribution is -2.34. The van der Waals surface area contributed by atoms with Gasteiger partial charge >= 0.3 is 6.09 Å². The number of fused-ring (bicyclic) bond motifs is 1. The number of likely N-dealkylation sites (N-methyl/N-ethyl adjacent to an activating group) is 1. The predicted octanol–water partition coefficient (Wildman–Crippen LogP) is 2.42. The molecule has 1 N–H and O–H groups in total. The first-order valence-electron chi connectivity index (χ1n) is 9.45. The van der Waals surface area contributed by atoms with Crippen molar-refractivity contribution in [3.8, 4) is 5.75 Å². The molecule has 1 aromatic carbocycles. The largest absolute Gasteiger partial charge is 0.489 e. The van der Waals surface area contributed by atoms with E-state index in [0.29, 0.717) is 41.9 Å². The highest BCUT2D eigenvalue weighted by Gasteiger charge is 2.28. The summed E-state index contributed by atoms with van der Waals surface area (Å²) in [5, 5.41) is 3.23. The van der Waals surface area contributed by atoms with Crippen LogP contribution in [0.4, 0.5) is 16.3 Å². The minimum absolute atomic E-state index is 0.153. The van der Waals surface area contributed by atoms with Crippen molar-refractivity contribution in [2.45, 2.75) is 18.2 Å². The second kappa shape index (κ2) is 9.66. The predicted molar refractivity (Wildman–Crippen MR) is 116 cm³/mol. The van der Waals surface area contributed by atoms with Gasteiger partial charge in [0.25, 0.3) is 5.91 Å². The third-order valence-corrected chi connectivity index (χ3v) is 5.17. The lowest BCUT2D eigenvalue weighted by molar-refractivity contribution is 0.0989. The molecule has 0 saturated heterocycles. The number of alkyl carbamates (subject to hydrolysis) is 1. The van der Waals surface area contributed by atoms with Crippen LogP contribution in [0.2, 0.25) is 0 Å². The number of benzene rings is 1. The summed E-state index contributed by atoms with van der Waals surface area (Å²) in [6, 6.07) is 7.33. The molecular formula is C20H25N5O4S. The Labute approximate surface area is 179 Å². The fourth-order valence-corrected chi connectivity index (χ4v) is 3.38. The van der Waals surface area contributed by atoms with Gasteiger partial charge in [-0.05, 0) is 25.3 Å². The number of hydrogen-bond donors (Lipinski definition) is 1. The number of nitrogens with zero attached hydrogens (tertiary/aromatic N) is 4. The highest BCUT2D eigenvalue weighted by atomic mass is 32.2. The molecule has 0 bridgehead atoms. The van der Waals surface area contributed by atoms with Crippen LogP contribution in [0.1, 0.15) is 17.3 Å². The lowest BCUT2D eigenvalue weighted by Gasteiger charge is -2.22. The first kappa shape index (κ1) is 21.7. The van der Waals surface area contributed by atoms with Crippen LogP contribution in [-0.2, 0) is 4.74 Å². The van der Waals surface area contributed by atoms with E-state index in [0.717, 1.165) is 5.69 Å². The monoisotopic (exact) mass is 431 g/mol. The molecule has 30 heavy (non-hydrogen) atoms. The number of nitrogens with one attached hydrogen (secondary N) is 1. The molecular weight excluding hydrogens is 406 g/mol. The van der Waals surface area contributed by atoms with E-state index in [4.69, 9.17) is 4.74 Å². The van der Waals surface area contributed by atoms with E-state index in [1.54, 1.807) is 11.1 Å². The maximum absolute atomic E-state index is 13.2. The molecule has 0 saturated carbocycles. The highest BCUT2D eigenvalue weighted by molar-refractivity contribution is 7.98. The molecule has 9 nitrogen and oxygen atoms in total. The molecule has 1 atom stereocenters. The number of aromatic nitrogens is 2. The van der Waals surface area contributed by atoms with Crippen LogP contribution in [0.25, 0.3) is 0 Å². The van der Waals surface area contributed by atoms with Gasteiger partial charge in [0.2, 0.25) is 0 Å². The number of rotatable bonds is 6. The maximum atomic E-state index is 13.2. The van der Waals surface area contributed by atoms with Crippen molar-refractivity contribution in [3.05, 3.63) is 36.0 Å². The van der Waals surface area contributed by atoms with E-state index in [9.17, 15) is 9.59 Å². The van der Waals surface area contributed by atoms with Gasteiger partial charge in [0.15, 0.2) is 5.16 Å². The molecule has 2 aromatic rings. The van der Waals surface area contributed by atoms with Gasteiger partial charge in [-0.15, -0.1) is 0 Å². The topological polar surface area (TPSA) is 96.9 Å². The van der Waals surface area contributed by atoms with Crippen molar-refractivity contribution >= 4 is 35.3 Å². The number of amides is 2. The molecule has 1 aliphatic rings. The average Bonchev–Trinajstić information content (AvgIpc) is 2.88. The summed E-state index contributed by atoms with van der Waals surface area (Å²) in [4.78, 5) is 36.9. The number of hydrogen-bond acceptors (Lipinski definition) is 8. The number of ether oxygens (including phenoxy) is 2. The molecule has 10 heteroatoms. The van der Waals surface area contributed by atoms with Crippen LogP contribution in [0.5, 0.6) is 5.75 Å². The summed E-state index contributed by atoms with van der Waals surface area (Å²) >= 11 is 1.44. The van der Waals surface area contributed by atoms with Crippen molar-refractivity contribution in [1.82, 2.24) is 15.3 Å². The molecule has 160 valence electrons. The third-order valence-electron chi connectivity index (χ3n) is 4.61. The Morgan fingerprint density at radius 3 is 2.90 bits per heavy atom. The summed E-state index contributed by atoms with van der Waals surface area (Å²) < 4.78 is 10.4. The lowest BCUT2D eigenvalue weighted by atomic mass is 10.2. The Bertz CT molecular complexity index is 926. The first-order valence-corrected chi connectivity index (χ1v) is 10.7. The van der Waals surface area contributed by atoms with E-state index < -0.39 is 6.09 Å². The molecule has 0 spiro atoms. The Morgan fingerprint density at radius 2 is 2.17 bits per heavy atom. The molecule has 2 amide bonds. The van der Waals surface area contributed by atoms with E-state index in [-0.39, 0.29) is 12.0 Å². The number of methoxy groups -OCH3 is 1. The maximum Gasteiger partial charge on any atom is 0.406 e. The second-order valence-electron chi connectivity index (χ2n) is 6.77. The third kappa shape index (κ3) is 4.93. The van der Waals surface area contributed by atoms with Gasteiger partial charge in [-0.2, -0.15) is 0 Å². The summed E-state index contributed by atoms with van der Waals surface area (Å²) in [5.74, 6) is 1.09. The van der Waals surface area contributed by atoms with Gasteiger partial charge < -0.3 is 24.6 Å². The summed E-state index contributed by atoms with van der Waals surface area (Å²) in [6.07, 6.45) is 2.71. The highest BCUT2D eigenvalue weighted by Crippen LogP contribution is 2.28. The van der Waals surface area contributed by atoms with Crippen LogP contribution < -0.4 is 19.9 Å². The zero-order chi connectivity index (χ0) is 21.7. The Hall–Kier alpha value is -3.01. The summed E-state index contributed by atoms with van der Waals surface area (Å²) in [6.45, 7) is 3.27. The molecule has 0 fully saturated rings. The molecule has 2 heterocycles. The van der Waals surface area contributed by atoms with E-state index >= 15 is 0 Å². The average molecular weight is 432 g/mol. The van der Waals surface area contributed by atoms with Crippen LogP contribution in [0.3, 0.4) is 0 Å². The van der Waals surface area contributed by atoms with Crippen molar-refractivity contribution in [3.63, 3.8) is 0 Å². The van der Waals surface area contributed by atoms with Gasteiger partial charge in [-0.25, -0.2) is 14.8 Å². The van der Waals surface area contributed by atoms with Crippen LogP contribution in [0, 0.1) is 0 Å². The first-order chi connectivity index (χ1) is 14.4. The smallest absolute Gasteiger partial charge is 0.406 e. The number of carbonyl (C=O) groups is 2. The number of thioether (sulfide) groups is 1. The molecule has 1 aromatic heterocycles. The van der Waals surface area contributed by atoms with Crippen molar-refractivity contribution in [2.24, 2.45) is 0 Å². The van der Waals surface area contributed by atoms with Gasteiger partial charge in [-0.3, -0.25) is 4.79 Å². The fourth-order valence-electron chi connectivity index (χ4n) is 3.04. The minimum atomic E-state index is -0.510. The van der Waals surface area contributed by atoms with Crippen LogP contribution in [-0.4, -0.2) is 68.1 Å². The number of carbonyl (C=O) groups excluding carboxylic acids is 2. The summed E-state index contributed by atoms with van der Waals surface area (Å²) in [7, 11) is 3.23. The van der Waals surface area contributed by atoms with Crippen LogP contribution in [0.15, 0.2) is 35.6 Å². The summed E-state index contributed by atoms with van der Waals surface area (Å²) in [5.41, 5.74) is 1.19. The molecule has 0 radical (unpaired) electrons. The van der Waals surface area contributed by atoms with Crippen LogP contribution >= 0.6 is 11.8 Å². The standard InChI is InChI=1S/C20H25N5O4S/c1-13(11-22-20(27)28-3)29-15-7-5-6-14(10-15)25-9-8-24(2)17-16(18(25)26)12-21-19(23-17)30-4/h5-7,10,12-13H,8-9,11H2,1-4H3,(H,22,27). The van der Waals surface area contributed by atoms with Gasteiger partial charge in [-0.1, -0.05) is 17.8 Å².